The van der Waals surface area contributed by atoms with Crippen molar-refractivity contribution in [3.05, 3.63) is 70.8 Å². The van der Waals surface area contributed by atoms with Crippen LogP contribution >= 0.6 is 0 Å². The number of amides is 1. The number of aliphatic hydroxyl groups is 1. The minimum Gasteiger partial charge on any atom is -0.388 e. The van der Waals surface area contributed by atoms with E-state index in [1.165, 1.54) is 5.56 Å². The van der Waals surface area contributed by atoms with E-state index in [9.17, 15) is 9.90 Å². The normalized spacial score (nSPS) is 18.1. The van der Waals surface area contributed by atoms with Crippen molar-refractivity contribution in [2.24, 2.45) is 0 Å². The molecule has 1 aliphatic rings. The Hall–Kier alpha value is -2.13. The molecule has 3 rings (SSSR count). The Balaban J connectivity index is 1.82. The van der Waals surface area contributed by atoms with E-state index in [-0.39, 0.29) is 11.9 Å². The van der Waals surface area contributed by atoms with Gasteiger partial charge in [0.15, 0.2) is 0 Å². The van der Waals surface area contributed by atoms with Gasteiger partial charge in [-0.15, -0.1) is 0 Å². The Kier molecular flexibility index (Phi) is 4.77. The van der Waals surface area contributed by atoms with Gasteiger partial charge < -0.3 is 10.4 Å². The molecule has 2 atom stereocenters. The molecule has 2 aromatic rings. The van der Waals surface area contributed by atoms with Crippen LogP contribution in [-0.2, 0) is 17.6 Å². The van der Waals surface area contributed by atoms with Crippen molar-refractivity contribution in [3.8, 4) is 0 Å². The van der Waals surface area contributed by atoms with Crippen LogP contribution in [0.4, 0.5) is 0 Å². The number of benzene rings is 2. The molecule has 1 amide bonds. The molecule has 120 valence electrons. The average molecular weight is 309 g/mol. The van der Waals surface area contributed by atoms with Gasteiger partial charge in [0.1, 0.15) is 0 Å². The van der Waals surface area contributed by atoms with Crippen LogP contribution < -0.4 is 5.32 Å². The summed E-state index contributed by atoms with van der Waals surface area (Å²) in [5.74, 6) is -0.00177. The van der Waals surface area contributed by atoms with Gasteiger partial charge in [-0.25, -0.2) is 0 Å². The SMILES string of the molecule is CC(=O)NC1CCCc2ccc(C(O)Cc3ccccc3)cc21. The van der Waals surface area contributed by atoms with Gasteiger partial charge in [-0.1, -0.05) is 48.5 Å². The van der Waals surface area contributed by atoms with Crippen molar-refractivity contribution in [3.63, 3.8) is 0 Å². The molecule has 2 unspecified atom stereocenters. The molecular weight excluding hydrogens is 286 g/mol. The third-order valence-corrected chi connectivity index (χ3v) is 4.52. The maximum atomic E-state index is 11.4. The minimum absolute atomic E-state index is 0.00177. The van der Waals surface area contributed by atoms with E-state index in [0.29, 0.717) is 6.42 Å². The van der Waals surface area contributed by atoms with Crippen molar-refractivity contribution in [1.82, 2.24) is 5.32 Å². The van der Waals surface area contributed by atoms with Crippen molar-refractivity contribution in [2.45, 2.75) is 44.8 Å². The van der Waals surface area contributed by atoms with Gasteiger partial charge in [-0.3, -0.25) is 4.79 Å². The summed E-state index contributed by atoms with van der Waals surface area (Å²) in [6.45, 7) is 1.56. The summed E-state index contributed by atoms with van der Waals surface area (Å²) in [6, 6.07) is 16.3. The summed E-state index contributed by atoms with van der Waals surface area (Å²) in [7, 11) is 0. The molecule has 0 spiro atoms. The third-order valence-electron chi connectivity index (χ3n) is 4.52. The predicted molar refractivity (Wildman–Crippen MR) is 91.0 cm³/mol. The highest BCUT2D eigenvalue weighted by Crippen LogP contribution is 2.32. The number of hydrogen-bond donors (Lipinski definition) is 2. The Morgan fingerprint density at radius 2 is 2.04 bits per heavy atom. The summed E-state index contributed by atoms with van der Waals surface area (Å²) >= 11 is 0. The van der Waals surface area contributed by atoms with Gasteiger partial charge in [0.25, 0.3) is 0 Å². The van der Waals surface area contributed by atoms with Crippen molar-refractivity contribution < 1.29 is 9.90 Å². The van der Waals surface area contributed by atoms with Crippen molar-refractivity contribution >= 4 is 5.91 Å². The first-order valence-corrected chi connectivity index (χ1v) is 8.25. The summed E-state index contributed by atoms with van der Waals surface area (Å²) in [5.41, 5.74) is 4.49. The molecule has 1 aliphatic carbocycles. The van der Waals surface area contributed by atoms with E-state index in [2.05, 4.69) is 17.4 Å². The van der Waals surface area contributed by atoms with E-state index < -0.39 is 6.10 Å². The molecule has 23 heavy (non-hydrogen) atoms. The van der Waals surface area contributed by atoms with Gasteiger partial charge in [-0.05, 0) is 41.5 Å². The fourth-order valence-corrected chi connectivity index (χ4v) is 3.38. The van der Waals surface area contributed by atoms with E-state index in [1.54, 1.807) is 6.92 Å². The fraction of sp³-hybridized carbons (Fsp3) is 0.350. The van der Waals surface area contributed by atoms with E-state index in [0.717, 1.165) is 36.0 Å². The highest BCUT2D eigenvalue weighted by atomic mass is 16.3. The van der Waals surface area contributed by atoms with Gasteiger partial charge in [0.05, 0.1) is 12.1 Å². The molecule has 3 nitrogen and oxygen atoms in total. The average Bonchev–Trinajstić information content (AvgIpc) is 2.55. The number of carbonyl (C=O) groups is 1. The highest BCUT2D eigenvalue weighted by Gasteiger charge is 2.22. The highest BCUT2D eigenvalue weighted by molar-refractivity contribution is 5.73. The smallest absolute Gasteiger partial charge is 0.217 e. The van der Waals surface area contributed by atoms with Crippen LogP contribution in [0.15, 0.2) is 48.5 Å². The van der Waals surface area contributed by atoms with Crippen LogP contribution in [0.3, 0.4) is 0 Å². The van der Waals surface area contributed by atoms with E-state index in [1.807, 2.05) is 36.4 Å². The first-order valence-electron chi connectivity index (χ1n) is 8.25. The molecule has 0 heterocycles. The Morgan fingerprint density at radius 1 is 1.26 bits per heavy atom. The lowest BCUT2D eigenvalue weighted by molar-refractivity contribution is -0.119. The molecule has 0 radical (unpaired) electrons. The minimum atomic E-state index is -0.525. The Morgan fingerprint density at radius 3 is 2.78 bits per heavy atom. The Labute approximate surface area is 137 Å². The van der Waals surface area contributed by atoms with Crippen LogP contribution in [0.2, 0.25) is 0 Å². The molecule has 0 saturated heterocycles. The van der Waals surface area contributed by atoms with E-state index >= 15 is 0 Å². The molecule has 0 bridgehead atoms. The van der Waals surface area contributed by atoms with Crippen LogP contribution in [0.5, 0.6) is 0 Å². The van der Waals surface area contributed by atoms with Gasteiger partial charge in [-0.2, -0.15) is 0 Å². The van der Waals surface area contributed by atoms with Gasteiger partial charge in [0.2, 0.25) is 5.91 Å². The lowest BCUT2D eigenvalue weighted by Crippen LogP contribution is -2.29. The topological polar surface area (TPSA) is 49.3 Å². The standard InChI is InChI=1S/C20H23NO2/c1-14(22)21-19-9-5-8-16-10-11-17(13-18(16)19)20(23)12-15-6-3-2-4-7-15/h2-4,6-7,10-11,13,19-20,23H,5,8-9,12H2,1H3,(H,21,22). The molecule has 0 aromatic heterocycles. The van der Waals surface area contributed by atoms with Gasteiger partial charge >= 0.3 is 0 Å². The second-order valence-corrected chi connectivity index (χ2v) is 6.31. The number of aryl methyl sites for hydroxylation is 1. The molecular formula is C20H23NO2. The number of nitrogens with one attached hydrogen (secondary N) is 1. The summed E-state index contributed by atoms with van der Waals surface area (Å²) in [6.07, 6.45) is 3.17. The molecule has 0 aliphatic heterocycles. The number of hydrogen-bond acceptors (Lipinski definition) is 2. The monoisotopic (exact) mass is 309 g/mol. The third kappa shape index (κ3) is 3.80. The molecule has 0 saturated carbocycles. The largest absolute Gasteiger partial charge is 0.388 e. The zero-order valence-electron chi connectivity index (χ0n) is 13.5. The first-order chi connectivity index (χ1) is 11.1. The van der Waals surface area contributed by atoms with E-state index in [4.69, 9.17) is 0 Å². The maximum absolute atomic E-state index is 11.4. The Bertz CT molecular complexity index is 681. The molecule has 3 heteroatoms. The molecule has 0 fully saturated rings. The summed E-state index contributed by atoms with van der Waals surface area (Å²) < 4.78 is 0. The van der Waals surface area contributed by atoms with Crippen molar-refractivity contribution in [1.29, 1.82) is 0 Å². The van der Waals surface area contributed by atoms with Crippen LogP contribution in [-0.4, -0.2) is 11.0 Å². The zero-order chi connectivity index (χ0) is 16.2. The van der Waals surface area contributed by atoms with Crippen LogP contribution in [0.25, 0.3) is 0 Å². The maximum Gasteiger partial charge on any atom is 0.217 e. The second kappa shape index (κ2) is 6.97. The van der Waals surface area contributed by atoms with Crippen molar-refractivity contribution in [2.75, 3.05) is 0 Å². The second-order valence-electron chi connectivity index (χ2n) is 6.31. The molecule has 2 aromatic carbocycles. The molecule has 2 N–H and O–H groups in total. The first kappa shape index (κ1) is 15.8. The number of aliphatic hydroxyl groups excluding tert-OH is 1. The number of rotatable bonds is 4. The lowest BCUT2D eigenvalue weighted by Gasteiger charge is -2.27. The summed E-state index contributed by atoms with van der Waals surface area (Å²) in [5, 5.41) is 13.6. The van der Waals surface area contributed by atoms with Gasteiger partial charge in [0, 0.05) is 13.3 Å². The van der Waals surface area contributed by atoms with Crippen LogP contribution in [0, 0.1) is 0 Å². The van der Waals surface area contributed by atoms with Crippen LogP contribution in [0.1, 0.15) is 54.2 Å². The zero-order valence-corrected chi connectivity index (χ0v) is 13.5. The lowest BCUT2D eigenvalue weighted by atomic mass is 9.85. The number of fused-ring (bicyclic) bond motifs is 1. The predicted octanol–water partition coefficient (Wildman–Crippen LogP) is 3.48. The summed E-state index contributed by atoms with van der Waals surface area (Å²) in [4.78, 5) is 11.4. The fourth-order valence-electron chi connectivity index (χ4n) is 3.38. The number of carbonyl (C=O) groups excluding carboxylic acids is 1. The quantitative estimate of drug-likeness (QED) is 0.908.